The van der Waals surface area contributed by atoms with Crippen LogP contribution < -0.4 is 5.32 Å². The van der Waals surface area contributed by atoms with Gasteiger partial charge in [-0.1, -0.05) is 0 Å². The zero-order valence-corrected chi connectivity index (χ0v) is 15.6. The summed E-state index contributed by atoms with van der Waals surface area (Å²) < 4.78 is 1.72. The van der Waals surface area contributed by atoms with Crippen LogP contribution in [-0.2, 0) is 0 Å². The number of aromatic nitrogens is 3. The zero-order valence-electron chi connectivity index (χ0n) is 14.8. The van der Waals surface area contributed by atoms with Gasteiger partial charge < -0.3 is 10.2 Å². The first-order chi connectivity index (χ1) is 11.7. The molecular formula is C18H26ClN5O. The normalized spacial score (nSPS) is 15.0. The number of benzene rings is 1. The van der Waals surface area contributed by atoms with Crippen LogP contribution in [0.1, 0.15) is 35.2 Å². The van der Waals surface area contributed by atoms with Crippen molar-refractivity contribution in [2.24, 2.45) is 5.92 Å². The molecule has 0 spiro atoms. The monoisotopic (exact) mass is 363 g/mol. The minimum absolute atomic E-state index is 0. The van der Waals surface area contributed by atoms with E-state index in [1.54, 1.807) is 11.0 Å². The van der Waals surface area contributed by atoms with Crippen LogP contribution in [0.3, 0.4) is 0 Å². The SMILES string of the molecule is CNCCC1CCN(C(=O)c2ccc(-n3cncn3)c(C)c2)CC1.Cl. The summed E-state index contributed by atoms with van der Waals surface area (Å²) in [6, 6.07) is 5.78. The average Bonchev–Trinajstić information content (AvgIpc) is 3.14. The summed E-state index contributed by atoms with van der Waals surface area (Å²) >= 11 is 0. The van der Waals surface area contributed by atoms with Crippen molar-refractivity contribution in [3.05, 3.63) is 42.0 Å². The van der Waals surface area contributed by atoms with Crippen molar-refractivity contribution in [2.75, 3.05) is 26.7 Å². The maximum atomic E-state index is 12.7. The summed E-state index contributed by atoms with van der Waals surface area (Å²) in [4.78, 5) is 18.7. The van der Waals surface area contributed by atoms with Gasteiger partial charge in [0.1, 0.15) is 12.7 Å². The van der Waals surface area contributed by atoms with Gasteiger partial charge in [-0.2, -0.15) is 5.10 Å². The lowest BCUT2D eigenvalue weighted by Crippen LogP contribution is -2.39. The fourth-order valence-electron chi connectivity index (χ4n) is 3.33. The predicted octanol–water partition coefficient (Wildman–Crippen LogP) is 2.46. The average molecular weight is 364 g/mol. The van der Waals surface area contributed by atoms with Crippen molar-refractivity contribution in [3.8, 4) is 5.69 Å². The fourth-order valence-corrected chi connectivity index (χ4v) is 3.33. The van der Waals surface area contributed by atoms with Gasteiger partial charge in [-0.05, 0) is 69.5 Å². The molecule has 1 aromatic carbocycles. The van der Waals surface area contributed by atoms with Crippen LogP contribution in [0.2, 0.25) is 0 Å². The number of carbonyl (C=O) groups is 1. The molecule has 1 saturated heterocycles. The van der Waals surface area contributed by atoms with Crippen LogP contribution in [0.5, 0.6) is 0 Å². The number of nitrogens with zero attached hydrogens (tertiary/aromatic N) is 4. The lowest BCUT2D eigenvalue weighted by atomic mass is 9.93. The Morgan fingerprint density at radius 3 is 2.68 bits per heavy atom. The van der Waals surface area contributed by atoms with Crippen molar-refractivity contribution in [1.29, 1.82) is 0 Å². The predicted molar refractivity (Wildman–Crippen MR) is 101 cm³/mol. The van der Waals surface area contributed by atoms with Crippen LogP contribution in [0, 0.1) is 12.8 Å². The standard InChI is InChI=1S/C18H25N5O.ClH/c1-14-11-16(3-4-17(14)23-13-20-12-21-23)18(24)22-9-6-15(7-10-22)5-8-19-2;/h3-4,11-13,15,19H,5-10H2,1-2H3;1H. The number of rotatable bonds is 5. The molecule has 2 aromatic rings. The molecule has 0 bridgehead atoms. The summed E-state index contributed by atoms with van der Waals surface area (Å²) in [7, 11) is 1.99. The third-order valence-corrected chi connectivity index (χ3v) is 4.81. The molecule has 0 atom stereocenters. The highest BCUT2D eigenvalue weighted by Crippen LogP contribution is 2.22. The Bertz CT molecular complexity index is 681. The van der Waals surface area contributed by atoms with Crippen molar-refractivity contribution < 1.29 is 4.79 Å². The number of piperidine rings is 1. The highest BCUT2D eigenvalue weighted by atomic mass is 35.5. The number of aryl methyl sites for hydroxylation is 1. The molecule has 0 radical (unpaired) electrons. The van der Waals surface area contributed by atoms with E-state index in [0.29, 0.717) is 0 Å². The zero-order chi connectivity index (χ0) is 16.9. The molecule has 0 saturated carbocycles. The van der Waals surface area contributed by atoms with Crippen LogP contribution in [0.15, 0.2) is 30.9 Å². The Kier molecular flexibility index (Phi) is 6.96. The van der Waals surface area contributed by atoms with E-state index in [0.717, 1.165) is 55.2 Å². The first-order valence-corrected chi connectivity index (χ1v) is 8.58. The highest BCUT2D eigenvalue weighted by Gasteiger charge is 2.23. The van der Waals surface area contributed by atoms with E-state index in [-0.39, 0.29) is 18.3 Å². The molecule has 3 rings (SSSR count). The summed E-state index contributed by atoms with van der Waals surface area (Å²) in [5, 5.41) is 7.36. The molecule has 6 nitrogen and oxygen atoms in total. The molecule has 0 unspecified atom stereocenters. The molecule has 25 heavy (non-hydrogen) atoms. The quantitative estimate of drug-likeness (QED) is 0.886. The molecule has 1 aliphatic rings. The van der Waals surface area contributed by atoms with Crippen LogP contribution in [-0.4, -0.2) is 52.3 Å². The molecule has 0 aliphatic carbocycles. The number of halogens is 1. The highest BCUT2D eigenvalue weighted by molar-refractivity contribution is 5.94. The third-order valence-electron chi connectivity index (χ3n) is 4.81. The van der Waals surface area contributed by atoms with Crippen LogP contribution in [0.25, 0.3) is 5.69 Å². The molecule has 1 amide bonds. The second-order valence-corrected chi connectivity index (χ2v) is 6.47. The van der Waals surface area contributed by atoms with Crippen molar-refractivity contribution in [2.45, 2.75) is 26.2 Å². The Balaban J connectivity index is 0.00000225. The van der Waals surface area contributed by atoms with E-state index in [1.165, 1.54) is 12.7 Å². The fraction of sp³-hybridized carbons (Fsp3) is 0.500. The molecule has 1 aromatic heterocycles. The molecule has 1 aliphatic heterocycles. The van der Waals surface area contributed by atoms with Crippen molar-refractivity contribution >= 4 is 18.3 Å². The van der Waals surface area contributed by atoms with Crippen LogP contribution >= 0.6 is 12.4 Å². The van der Waals surface area contributed by atoms with Gasteiger partial charge >= 0.3 is 0 Å². The van der Waals surface area contributed by atoms with Gasteiger partial charge in [0.25, 0.3) is 5.91 Å². The Hall–Kier alpha value is -1.92. The molecule has 7 heteroatoms. The topological polar surface area (TPSA) is 63.1 Å². The summed E-state index contributed by atoms with van der Waals surface area (Å²) in [6.45, 7) is 4.77. The Labute approximate surface area is 155 Å². The van der Waals surface area contributed by atoms with Gasteiger partial charge in [-0.25, -0.2) is 9.67 Å². The minimum Gasteiger partial charge on any atom is -0.339 e. The van der Waals surface area contributed by atoms with E-state index >= 15 is 0 Å². The maximum absolute atomic E-state index is 12.7. The van der Waals surface area contributed by atoms with Gasteiger partial charge in [-0.15, -0.1) is 12.4 Å². The molecule has 136 valence electrons. The summed E-state index contributed by atoms with van der Waals surface area (Å²) in [5.74, 6) is 0.869. The lowest BCUT2D eigenvalue weighted by Gasteiger charge is -2.32. The van der Waals surface area contributed by atoms with E-state index in [1.807, 2.05) is 37.1 Å². The van der Waals surface area contributed by atoms with E-state index in [9.17, 15) is 4.79 Å². The second-order valence-electron chi connectivity index (χ2n) is 6.47. The minimum atomic E-state index is 0. The number of hydrogen-bond acceptors (Lipinski definition) is 4. The van der Waals surface area contributed by atoms with Gasteiger partial charge in [0.2, 0.25) is 0 Å². The first kappa shape index (κ1) is 19.4. The summed E-state index contributed by atoms with van der Waals surface area (Å²) in [5.41, 5.74) is 2.73. The molecule has 2 heterocycles. The molecule has 1 N–H and O–H groups in total. The van der Waals surface area contributed by atoms with E-state index < -0.39 is 0 Å². The first-order valence-electron chi connectivity index (χ1n) is 8.58. The second kappa shape index (κ2) is 8.97. The third kappa shape index (κ3) is 4.58. The Morgan fingerprint density at radius 2 is 2.08 bits per heavy atom. The van der Waals surface area contributed by atoms with Crippen LogP contribution in [0.4, 0.5) is 0 Å². The molecule has 1 fully saturated rings. The van der Waals surface area contributed by atoms with E-state index in [4.69, 9.17) is 0 Å². The van der Waals surface area contributed by atoms with Gasteiger partial charge in [-0.3, -0.25) is 4.79 Å². The lowest BCUT2D eigenvalue weighted by molar-refractivity contribution is 0.0687. The number of amides is 1. The number of likely N-dealkylation sites (tertiary alicyclic amines) is 1. The summed E-state index contributed by atoms with van der Waals surface area (Å²) in [6.07, 6.45) is 6.58. The van der Waals surface area contributed by atoms with Crippen molar-refractivity contribution in [1.82, 2.24) is 25.0 Å². The smallest absolute Gasteiger partial charge is 0.253 e. The Morgan fingerprint density at radius 1 is 1.32 bits per heavy atom. The van der Waals surface area contributed by atoms with E-state index in [2.05, 4.69) is 15.4 Å². The van der Waals surface area contributed by atoms with Gasteiger partial charge in [0.15, 0.2) is 0 Å². The number of nitrogens with one attached hydrogen (secondary N) is 1. The number of hydrogen-bond donors (Lipinski definition) is 1. The maximum Gasteiger partial charge on any atom is 0.253 e. The van der Waals surface area contributed by atoms with Crippen molar-refractivity contribution in [3.63, 3.8) is 0 Å². The van der Waals surface area contributed by atoms with Gasteiger partial charge in [0, 0.05) is 18.7 Å². The molecular weight excluding hydrogens is 338 g/mol. The number of carbonyl (C=O) groups excluding carboxylic acids is 1. The van der Waals surface area contributed by atoms with Gasteiger partial charge in [0.05, 0.1) is 5.69 Å². The largest absolute Gasteiger partial charge is 0.339 e.